The predicted octanol–water partition coefficient (Wildman–Crippen LogP) is 4.24. The molecule has 2 aromatic rings. The van der Waals surface area contributed by atoms with Gasteiger partial charge in [0.25, 0.3) is 5.69 Å². The lowest BCUT2D eigenvalue weighted by atomic mass is 10.1. The first-order chi connectivity index (χ1) is 11.8. The number of nitrogens with zero attached hydrogens (tertiary/aromatic N) is 2. The second-order valence-electron chi connectivity index (χ2n) is 6.99. The highest BCUT2D eigenvalue weighted by Gasteiger charge is 2.28. The number of nitro groups is 1. The van der Waals surface area contributed by atoms with Gasteiger partial charge in [-0.3, -0.25) is 10.1 Å². The fraction of sp³-hybridized carbons (Fsp3) is 0.316. The third-order valence-corrected chi connectivity index (χ3v) is 4.00. The van der Waals surface area contributed by atoms with Gasteiger partial charge >= 0.3 is 5.97 Å². The fourth-order valence-electron chi connectivity index (χ4n) is 2.95. The topological polar surface area (TPSA) is 72.7 Å². The van der Waals surface area contributed by atoms with Crippen LogP contribution in [0.1, 0.15) is 36.7 Å². The summed E-state index contributed by atoms with van der Waals surface area (Å²) in [6.07, 6.45) is 0.887. The minimum Gasteiger partial charge on any atom is -0.456 e. The number of benzene rings is 2. The Labute approximate surface area is 146 Å². The largest absolute Gasteiger partial charge is 0.456 e. The summed E-state index contributed by atoms with van der Waals surface area (Å²) in [5.74, 6) is -0.687. The molecule has 2 aromatic carbocycles. The molecular formula is C19H20N2O4. The molecule has 25 heavy (non-hydrogen) atoms. The zero-order valence-corrected chi connectivity index (χ0v) is 14.5. The van der Waals surface area contributed by atoms with Crippen molar-refractivity contribution in [1.82, 2.24) is 0 Å². The molecular weight excluding hydrogens is 320 g/mol. The molecule has 6 nitrogen and oxygen atoms in total. The Balaban J connectivity index is 1.98. The number of anilines is 2. The molecule has 0 radical (unpaired) electrons. The third-order valence-electron chi connectivity index (χ3n) is 4.00. The van der Waals surface area contributed by atoms with Crippen LogP contribution in [0.5, 0.6) is 0 Å². The number of ether oxygens (including phenoxy) is 1. The van der Waals surface area contributed by atoms with Gasteiger partial charge in [-0.2, -0.15) is 0 Å². The number of rotatable bonds is 3. The van der Waals surface area contributed by atoms with Gasteiger partial charge in [-0.15, -0.1) is 0 Å². The van der Waals surface area contributed by atoms with Gasteiger partial charge in [0.2, 0.25) is 0 Å². The monoisotopic (exact) mass is 340 g/mol. The third kappa shape index (κ3) is 3.47. The molecule has 0 amide bonds. The summed E-state index contributed by atoms with van der Waals surface area (Å²) in [6.45, 7) is 5.94. The Bertz CT molecular complexity index is 840. The average molecular weight is 340 g/mol. The highest BCUT2D eigenvalue weighted by Crippen LogP contribution is 2.36. The van der Waals surface area contributed by atoms with Crippen LogP contribution in [-0.2, 0) is 11.2 Å². The second kappa shape index (κ2) is 6.20. The maximum atomic E-state index is 12.3. The van der Waals surface area contributed by atoms with Gasteiger partial charge in [0.1, 0.15) is 11.2 Å². The Morgan fingerprint density at radius 2 is 1.92 bits per heavy atom. The average Bonchev–Trinajstić information content (AvgIpc) is 2.96. The lowest BCUT2D eigenvalue weighted by Crippen LogP contribution is -2.24. The molecule has 0 aromatic heterocycles. The maximum Gasteiger partial charge on any atom is 0.345 e. The standard InChI is InChI=1S/C19H20N2O4/c1-19(2,3)25-18(22)15-9-8-14(12-17(15)21(23)24)20-11-10-13-6-4-5-7-16(13)20/h4-9,12H,10-11H2,1-3H3. The number of hydrogen-bond acceptors (Lipinski definition) is 5. The molecule has 0 aliphatic carbocycles. The van der Waals surface area contributed by atoms with E-state index in [1.165, 1.54) is 17.7 Å². The van der Waals surface area contributed by atoms with Crippen molar-refractivity contribution in [3.63, 3.8) is 0 Å². The van der Waals surface area contributed by atoms with Crippen LogP contribution in [0.4, 0.5) is 17.1 Å². The second-order valence-corrected chi connectivity index (χ2v) is 6.99. The predicted molar refractivity (Wildman–Crippen MR) is 95.4 cm³/mol. The minimum atomic E-state index is -0.711. The highest BCUT2D eigenvalue weighted by molar-refractivity contribution is 5.95. The molecule has 0 atom stereocenters. The fourth-order valence-corrected chi connectivity index (χ4v) is 2.95. The number of nitro benzene ring substituents is 1. The van der Waals surface area contributed by atoms with E-state index in [4.69, 9.17) is 4.74 Å². The van der Waals surface area contributed by atoms with Crippen LogP contribution in [-0.4, -0.2) is 23.0 Å². The zero-order valence-electron chi connectivity index (χ0n) is 14.5. The van der Waals surface area contributed by atoms with E-state index in [1.54, 1.807) is 26.8 Å². The van der Waals surface area contributed by atoms with Gasteiger partial charge in [0.05, 0.1) is 4.92 Å². The first-order valence-corrected chi connectivity index (χ1v) is 8.13. The van der Waals surface area contributed by atoms with Gasteiger partial charge in [-0.1, -0.05) is 18.2 Å². The van der Waals surface area contributed by atoms with Crippen LogP contribution < -0.4 is 4.90 Å². The minimum absolute atomic E-state index is 0.0313. The zero-order chi connectivity index (χ0) is 18.2. The molecule has 0 saturated heterocycles. The number of carbonyl (C=O) groups excluding carboxylic acids is 1. The van der Waals surface area contributed by atoms with E-state index in [1.807, 2.05) is 23.1 Å². The van der Waals surface area contributed by atoms with Crippen molar-refractivity contribution in [1.29, 1.82) is 0 Å². The molecule has 1 aliphatic heterocycles. The first kappa shape index (κ1) is 17.0. The van der Waals surface area contributed by atoms with E-state index in [0.717, 1.165) is 18.7 Å². The van der Waals surface area contributed by atoms with Crippen molar-refractivity contribution < 1.29 is 14.5 Å². The smallest absolute Gasteiger partial charge is 0.345 e. The molecule has 0 unspecified atom stereocenters. The van der Waals surface area contributed by atoms with Crippen molar-refractivity contribution in [2.75, 3.05) is 11.4 Å². The van der Waals surface area contributed by atoms with Crippen LogP contribution in [0.2, 0.25) is 0 Å². The lowest BCUT2D eigenvalue weighted by molar-refractivity contribution is -0.385. The van der Waals surface area contributed by atoms with E-state index in [9.17, 15) is 14.9 Å². The summed E-state index contributed by atoms with van der Waals surface area (Å²) < 4.78 is 5.28. The normalized spacial score (nSPS) is 13.5. The quantitative estimate of drug-likeness (QED) is 0.474. The molecule has 1 heterocycles. The SMILES string of the molecule is CC(C)(C)OC(=O)c1ccc(N2CCc3ccccc32)cc1[N+](=O)[O-]. The van der Waals surface area contributed by atoms with Crippen LogP contribution in [0.15, 0.2) is 42.5 Å². The summed E-state index contributed by atoms with van der Waals surface area (Å²) in [6, 6.07) is 12.6. The summed E-state index contributed by atoms with van der Waals surface area (Å²) in [7, 11) is 0. The molecule has 130 valence electrons. The van der Waals surface area contributed by atoms with Crippen LogP contribution in [0.25, 0.3) is 0 Å². The number of hydrogen-bond donors (Lipinski definition) is 0. The number of esters is 1. The number of carbonyl (C=O) groups is 1. The number of fused-ring (bicyclic) bond motifs is 1. The molecule has 0 bridgehead atoms. The van der Waals surface area contributed by atoms with Crippen molar-refractivity contribution in [3.8, 4) is 0 Å². The van der Waals surface area contributed by atoms with Crippen LogP contribution in [0, 0.1) is 10.1 Å². The number of para-hydroxylation sites is 1. The Morgan fingerprint density at radius 1 is 1.20 bits per heavy atom. The first-order valence-electron chi connectivity index (χ1n) is 8.13. The van der Waals surface area contributed by atoms with Crippen LogP contribution in [0.3, 0.4) is 0 Å². The van der Waals surface area contributed by atoms with Gasteiger partial charge < -0.3 is 9.64 Å². The van der Waals surface area contributed by atoms with Crippen molar-refractivity contribution in [3.05, 3.63) is 63.7 Å². The van der Waals surface area contributed by atoms with Crippen molar-refractivity contribution >= 4 is 23.0 Å². The Kier molecular flexibility index (Phi) is 4.20. The maximum absolute atomic E-state index is 12.3. The molecule has 6 heteroatoms. The summed E-state index contributed by atoms with van der Waals surface area (Å²) in [5, 5.41) is 11.5. The van der Waals surface area contributed by atoms with E-state index < -0.39 is 16.5 Å². The molecule has 0 saturated carbocycles. The Hall–Kier alpha value is -2.89. The van der Waals surface area contributed by atoms with Crippen LogP contribution >= 0.6 is 0 Å². The molecule has 0 spiro atoms. The van der Waals surface area contributed by atoms with Gasteiger partial charge in [-0.05, 0) is 51.0 Å². The molecule has 0 N–H and O–H groups in total. The molecule has 0 fully saturated rings. The van der Waals surface area contributed by atoms with E-state index in [-0.39, 0.29) is 11.3 Å². The Morgan fingerprint density at radius 3 is 2.60 bits per heavy atom. The summed E-state index contributed by atoms with van der Waals surface area (Å²) >= 11 is 0. The van der Waals surface area contributed by atoms with Gasteiger partial charge in [0.15, 0.2) is 0 Å². The van der Waals surface area contributed by atoms with E-state index in [2.05, 4.69) is 6.07 Å². The van der Waals surface area contributed by atoms with Crippen molar-refractivity contribution in [2.45, 2.75) is 32.8 Å². The summed E-state index contributed by atoms with van der Waals surface area (Å²) in [5.41, 5.74) is 1.97. The van der Waals surface area contributed by atoms with Gasteiger partial charge in [0, 0.05) is 24.0 Å². The van der Waals surface area contributed by atoms with Gasteiger partial charge in [-0.25, -0.2) is 4.79 Å². The van der Waals surface area contributed by atoms with Crippen molar-refractivity contribution in [2.24, 2.45) is 0 Å². The summed E-state index contributed by atoms with van der Waals surface area (Å²) in [4.78, 5) is 25.3. The molecule has 3 rings (SSSR count). The van der Waals surface area contributed by atoms with E-state index >= 15 is 0 Å². The molecule has 1 aliphatic rings. The van der Waals surface area contributed by atoms with E-state index in [0.29, 0.717) is 5.69 Å². The lowest BCUT2D eigenvalue weighted by Gasteiger charge is -2.21. The highest BCUT2D eigenvalue weighted by atomic mass is 16.6.